The van der Waals surface area contributed by atoms with Crippen molar-refractivity contribution in [2.75, 3.05) is 0 Å². The molecule has 2 heteroatoms. The third-order valence-corrected chi connectivity index (χ3v) is 3.48. The Morgan fingerprint density at radius 2 is 1.69 bits per heavy atom. The maximum Gasteiger partial charge on any atom is 0.0221 e. The van der Waals surface area contributed by atoms with E-state index in [1.807, 2.05) is 0 Å². The maximum atomic E-state index is 3.60. The van der Waals surface area contributed by atoms with Crippen LogP contribution in [0.4, 0.5) is 0 Å². The summed E-state index contributed by atoms with van der Waals surface area (Å²) in [6, 6.07) is 4.35. The lowest BCUT2D eigenvalue weighted by atomic mass is 10.1. The lowest BCUT2D eigenvalue weighted by molar-refractivity contribution is 0.790. The minimum Gasteiger partial charge on any atom is -0.0654 e. The van der Waals surface area contributed by atoms with E-state index in [0.717, 1.165) is 6.42 Å². The van der Waals surface area contributed by atoms with Gasteiger partial charge >= 0.3 is 0 Å². The van der Waals surface area contributed by atoms with Crippen molar-refractivity contribution in [2.45, 2.75) is 33.1 Å². The van der Waals surface area contributed by atoms with Gasteiger partial charge in [0.15, 0.2) is 0 Å². The van der Waals surface area contributed by atoms with Gasteiger partial charge in [0.1, 0.15) is 0 Å². The monoisotopic (exact) mass is 304 g/mol. The van der Waals surface area contributed by atoms with Crippen LogP contribution >= 0.6 is 31.9 Å². The molecule has 1 rings (SSSR count). The molecule has 0 N–H and O–H groups in total. The van der Waals surface area contributed by atoms with Crippen molar-refractivity contribution in [2.24, 2.45) is 0 Å². The summed E-state index contributed by atoms with van der Waals surface area (Å²) in [5.74, 6) is 0. The van der Waals surface area contributed by atoms with Crippen LogP contribution < -0.4 is 0 Å². The Labute approximate surface area is 97.0 Å². The molecule has 0 amide bonds. The average Bonchev–Trinajstić information content (AvgIpc) is 2.02. The highest BCUT2D eigenvalue weighted by Gasteiger charge is 2.04. The second kappa shape index (κ2) is 5.16. The van der Waals surface area contributed by atoms with Gasteiger partial charge in [-0.15, -0.1) is 0 Å². The number of hydrogen-bond acceptors (Lipinski definition) is 0. The third-order valence-electron chi connectivity index (χ3n) is 2.07. The topological polar surface area (TPSA) is 0 Å². The van der Waals surface area contributed by atoms with Gasteiger partial charge in [-0.25, -0.2) is 0 Å². The maximum absolute atomic E-state index is 3.60. The van der Waals surface area contributed by atoms with Crippen LogP contribution in [0.15, 0.2) is 21.1 Å². The highest BCUT2D eigenvalue weighted by atomic mass is 79.9. The molecule has 0 aliphatic rings. The molecule has 0 aliphatic heterocycles. The Bertz CT molecular complexity index is 269. The van der Waals surface area contributed by atoms with Crippen molar-refractivity contribution in [3.63, 3.8) is 0 Å². The lowest BCUT2D eigenvalue weighted by Crippen LogP contribution is -1.89. The Kier molecular flexibility index (Phi) is 4.47. The van der Waals surface area contributed by atoms with E-state index in [9.17, 15) is 0 Å². The van der Waals surface area contributed by atoms with Crippen LogP contribution in [0.3, 0.4) is 0 Å². The van der Waals surface area contributed by atoms with Gasteiger partial charge in [0, 0.05) is 8.95 Å². The lowest BCUT2D eigenvalue weighted by Gasteiger charge is -2.07. The molecule has 0 fully saturated rings. The molecule has 1 aromatic rings. The Morgan fingerprint density at radius 1 is 1.15 bits per heavy atom. The van der Waals surface area contributed by atoms with Crippen molar-refractivity contribution in [1.29, 1.82) is 0 Å². The summed E-state index contributed by atoms with van der Waals surface area (Å²) >= 11 is 7.20. The summed E-state index contributed by atoms with van der Waals surface area (Å²) in [4.78, 5) is 0. The molecule has 13 heavy (non-hydrogen) atoms. The molecule has 72 valence electrons. The van der Waals surface area contributed by atoms with E-state index in [0.29, 0.717) is 0 Å². The summed E-state index contributed by atoms with van der Waals surface area (Å²) in [7, 11) is 0. The fourth-order valence-corrected chi connectivity index (χ4v) is 3.13. The van der Waals surface area contributed by atoms with Gasteiger partial charge in [0.2, 0.25) is 0 Å². The van der Waals surface area contributed by atoms with Crippen molar-refractivity contribution in [1.82, 2.24) is 0 Å². The summed E-state index contributed by atoms with van der Waals surface area (Å²) in [6.45, 7) is 4.33. The first-order valence-corrected chi connectivity index (χ1v) is 6.18. The first-order valence-electron chi connectivity index (χ1n) is 4.59. The molecule has 0 saturated carbocycles. The van der Waals surface area contributed by atoms with E-state index in [2.05, 4.69) is 57.8 Å². The second-order valence-corrected chi connectivity index (χ2v) is 5.02. The van der Waals surface area contributed by atoms with E-state index in [-0.39, 0.29) is 0 Å². The normalized spacial score (nSPS) is 10.5. The summed E-state index contributed by atoms with van der Waals surface area (Å²) < 4.78 is 2.46. The van der Waals surface area contributed by atoms with Gasteiger partial charge in [0.25, 0.3) is 0 Å². The highest BCUT2D eigenvalue weighted by molar-refractivity contribution is 9.11. The van der Waals surface area contributed by atoms with Gasteiger partial charge in [-0.3, -0.25) is 0 Å². The van der Waals surface area contributed by atoms with E-state index >= 15 is 0 Å². The molecule has 0 spiro atoms. The molecule has 0 nitrogen and oxygen atoms in total. The molecule has 0 aromatic heterocycles. The zero-order chi connectivity index (χ0) is 9.84. The molecule has 0 atom stereocenters. The second-order valence-electron chi connectivity index (χ2n) is 3.31. The molecule has 0 radical (unpaired) electrons. The van der Waals surface area contributed by atoms with Crippen molar-refractivity contribution >= 4 is 31.9 Å². The SMILES string of the molecule is CCCCc1c(Br)cc(C)cc1Br. The van der Waals surface area contributed by atoms with Gasteiger partial charge < -0.3 is 0 Å². The predicted molar refractivity (Wildman–Crippen MR) is 65.2 cm³/mol. The van der Waals surface area contributed by atoms with Crippen LogP contribution in [0.5, 0.6) is 0 Å². The fourth-order valence-electron chi connectivity index (χ4n) is 1.32. The van der Waals surface area contributed by atoms with Crippen molar-refractivity contribution in [3.8, 4) is 0 Å². The molecular formula is C11H14Br2. The number of rotatable bonds is 3. The minimum absolute atomic E-state index is 1.15. The van der Waals surface area contributed by atoms with E-state index in [1.165, 1.54) is 32.9 Å². The molecular weight excluding hydrogens is 292 g/mol. The zero-order valence-electron chi connectivity index (χ0n) is 8.03. The zero-order valence-corrected chi connectivity index (χ0v) is 11.2. The number of halogens is 2. The molecule has 0 bridgehead atoms. The van der Waals surface area contributed by atoms with Crippen LogP contribution in [0, 0.1) is 6.92 Å². The van der Waals surface area contributed by atoms with Gasteiger partial charge in [0.05, 0.1) is 0 Å². The smallest absolute Gasteiger partial charge is 0.0221 e. The highest BCUT2D eigenvalue weighted by Crippen LogP contribution is 2.28. The van der Waals surface area contributed by atoms with E-state index in [4.69, 9.17) is 0 Å². The third kappa shape index (κ3) is 3.10. The average molecular weight is 306 g/mol. The Balaban J connectivity index is 2.92. The number of unbranched alkanes of at least 4 members (excludes halogenated alkanes) is 1. The first-order chi connectivity index (χ1) is 6.15. The first kappa shape index (κ1) is 11.3. The van der Waals surface area contributed by atoms with Gasteiger partial charge in [-0.05, 0) is 43.0 Å². The molecule has 0 saturated heterocycles. The quantitative estimate of drug-likeness (QED) is 0.748. The van der Waals surface area contributed by atoms with Crippen LogP contribution in [0.1, 0.15) is 30.9 Å². The number of benzene rings is 1. The van der Waals surface area contributed by atoms with Gasteiger partial charge in [-0.1, -0.05) is 45.2 Å². The number of aryl methyl sites for hydroxylation is 1. The number of hydrogen-bond donors (Lipinski definition) is 0. The minimum atomic E-state index is 1.15. The fraction of sp³-hybridized carbons (Fsp3) is 0.455. The van der Waals surface area contributed by atoms with Crippen LogP contribution in [0.2, 0.25) is 0 Å². The molecule has 1 aromatic carbocycles. The Morgan fingerprint density at radius 3 is 2.15 bits per heavy atom. The Hall–Kier alpha value is 0.180. The van der Waals surface area contributed by atoms with E-state index in [1.54, 1.807) is 0 Å². The van der Waals surface area contributed by atoms with Crippen LogP contribution in [-0.4, -0.2) is 0 Å². The molecule has 0 aliphatic carbocycles. The summed E-state index contributed by atoms with van der Waals surface area (Å²) in [5, 5.41) is 0. The van der Waals surface area contributed by atoms with Crippen molar-refractivity contribution < 1.29 is 0 Å². The summed E-state index contributed by atoms with van der Waals surface area (Å²) in [5.41, 5.74) is 2.69. The predicted octanol–water partition coefficient (Wildman–Crippen LogP) is 4.86. The summed E-state index contributed by atoms with van der Waals surface area (Å²) in [6.07, 6.45) is 3.64. The molecule has 0 unspecified atom stereocenters. The van der Waals surface area contributed by atoms with Gasteiger partial charge in [-0.2, -0.15) is 0 Å². The standard InChI is InChI=1S/C11H14Br2/c1-3-4-5-9-10(12)6-8(2)7-11(9)13/h6-7H,3-5H2,1-2H3. The van der Waals surface area contributed by atoms with Crippen LogP contribution in [0.25, 0.3) is 0 Å². The van der Waals surface area contributed by atoms with E-state index < -0.39 is 0 Å². The largest absolute Gasteiger partial charge is 0.0654 e. The van der Waals surface area contributed by atoms with Crippen LogP contribution in [-0.2, 0) is 6.42 Å². The molecule has 0 heterocycles. The van der Waals surface area contributed by atoms with Crippen molar-refractivity contribution in [3.05, 3.63) is 32.2 Å².